The van der Waals surface area contributed by atoms with Crippen molar-refractivity contribution in [2.24, 2.45) is 5.92 Å². The highest BCUT2D eigenvalue weighted by Gasteiger charge is 2.54. The normalized spacial score (nSPS) is 20.9. The molecule has 0 spiro atoms. The van der Waals surface area contributed by atoms with E-state index in [0.717, 1.165) is 22.3 Å². The van der Waals surface area contributed by atoms with Gasteiger partial charge in [0.05, 0.1) is 22.3 Å². The highest BCUT2D eigenvalue weighted by molar-refractivity contribution is 6.48. The molecule has 9 rings (SSSR count). The molecule has 0 bridgehead atoms. The first-order valence-corrected chi connectivity index (χ1v) is 21.3. The van der Waals surface area contributed by atoms with Gasteiger partial charge in [-0.1, -0.05) is 127 Å². The van der Waals surface area contributed by atoms with Crippen LogP contribution in [0.2, 0.25) is 5.02 Å². The summed E-state index contributed by atoms with van der Waals surface area (Å²) in [6, 6.07) is 13.3. The van der Waals surface area contributed by atoms with Gasteiger partial charge in [0.25, 0.3) is 23.6 Å². The summed E-state index contributed by atoms with van der Waals surface area (Å²) < 4.78 is 0. The lowest BCUT2D eigenvalue weighted by Crippen LogP contribution is -2.47. The van der Waals surface area contributed by atoms with Gasteiger partial charge in [0, 0.05) is 48.9 Å². The molecule has 2 heterocycles. The summed E-state index contributed by atoms with van der Waals surface area (Å²) in [6.45, 7) is 16.3. The Morgan fingerprint density at radius 3 is 1.57 bits per heavy atom. The predicted octanol–water partition coefficient (Wildman–Crippen LogP) is 12.3. The van der Waals surface area contributed by atoms with Crippen LogP contribution in [0.15, 0.2) is 93.0 Å². The zero-order valence-electron chi connectivity index (χ0n) is 33.3. The van der Waals surface area contributed by atoms with Gasteiger partial charge in [0.2, 0.25) is 0 Å². The third-order valence-electron chi connectivity index (χ3n) is 12.3. The third kappa shape index (κ3) is 5.17. The van der Waals surface area contributed by atoms with Crippen LogP contribution in [-0.4, -0.2) is 29.0 Å². The lowest BCUT2D eigenvalue weighted by Gasteiger charge is -2.46. The van der Waals surface area contributed by atoms with Crippen LogP contribution in [0.1, 0.15) is 128 Å². The fourth-order valence-corrected chi connectivity index (χ4v) is 11.1. The minimum Gasteiger partial charge on any atom is -0.268 e. The van der Waals surface area contributed by atoms with E-state index in [1.165, 1.54) is 9.80 Å². The minimum absolute atomic E-state index is 0.0165. The largest absolute Gasteiger partial charge is 0.268 e. The van der Waals surface area contributed by atoms with E-state index < -0.39 is 34.9 Å². The van der Waals surface area contributed by atoms with Gasteiger partial charge in [-0.2, -0.15) is 0 Å². The Bertz CT molecular complexity index is 2670. The highest BCUT2D eigenvalue weighted by Crippen LogP contribution is 2.63. The lowest BCUT2D eigenvalue weighted by atomic mass is 9.61. The number of halogens is 4. The fourth-order valence-electron chi connectivity index (χ4n) is 9.79. The molecule has 6 nitrogen and oxygen atoms in total. The Kier molecular flexibility index (Phi) is 9.11. The van der Waals surface area contributed by atoms with Crippen molar-refractivity contribution in [3.05, 3.63) is 143 Å². The monoisotopic (exact) mass is 848 g/mol. The van der Waals surface area contributed by atoms with Crippen molar-refractivity contribution in [2.45, 2.75) is 84.4 Å². The number of benzene rings is 3. The van der Waals surface area contributed by atoms with E-state index in [1.54, 1.807) is 24.3 Å². The number of nitrogens with zero attached hydrogens (tertiary/aromatic N) is 2. The number of alkyl halides is 1. The molecule has 2 aliphatic heterocycles. The van der Waals surface area contributed by atoms with Crippen LogP contribution in [0, 0.1) is 5.92 Å². The first-order chi connectivity index (χ1) is 27.5. The SMILES string of the molecule is CC(C)c1cccc(C(C)C)c1N1C(=O)C2=CC(Cl)=C3c4c(Cl)cc5c6c4C(=C4C(Cl)=CC(=C2C43)C1=O)C(Cl)C=C6C(=O)N(c1c(C(C)C)cccc1C(C)C)C5=O. The van der Waals surface area contributed by atoms with Crippen molar-refractivity contribution in [3.8, 4) is 0 Å². The third-order valence-corrected chi connectivity index (χ3v) is 13.6. The molecule has 0 N–H and O–H groups in total. The predicted molar refractivity (Wildman–Crippen MR) is 235 cm³/mol. The van der Waals surface area contributed by atoms with E-state index >= 15 is 0 Å². The summed E-state index contributed by atoms with van der Waals surface area (Å²) in [6.07, 6.45) is 4.91. The molecule has 2 atom stereocenters. The molecular weight excluding hydrogens is 810 g/mol. The van der Waals surface area contributed by atoms with E-state index in [0.29, 0.717) is 50.4 Å². The van der Waals surface area contributed by atoms with Gasteiger partial charge >= 0.3 is 0 Å². The molecule has 0 saturated heterocycles. The summed E-state index contributed by atoms with van der Waals surface area (Å²) in [5.41, 5.74) is 9.28. The summed E-state index contributed by atoms with van der Waals surface area (Å²) in [5, 5.41) is -0.198. The topological polar surface area (TPSA) is 74.8 Å². The van der Waals surface area contributed by atoms with Crippen LogP contribution in [0.25, 0.3) is 16.7 Å². The maximum Gasteiger partial charge on any atom is 0.266 e. The lowest BCUT2D eigenvalue weighted by molar-refractivity contribution is -0.123. The zero-order chi connectivity index (χ0) is 41.5. The number of rotatable bonds is 6. The van der Waals surface area contributed by atoms with Crippen molar-refractivity contribution in [2.75, 3.05) is 9.80 Å². The first-order valence-electron chi connectivity index (χ1n) is 19.7. The fraction of sp³-hybridized carbons (Fsp3) is 0.292. The zero-order valence-corrected chi connectivity index (χ0v) is 36.3. The number of hydrogen-bond donors (Lipinski definition) is 0. The Labute approximate surface area is 358 Å². The second-order valence-electron chi connectivity index (χ2n) is 17.0. The maximum atomic E-state index is 14.9. The Balaban J connectivity index is 1.30. The maximum absolute atomic E-state index is 14.9. The van der Waals surface area contributed by atoms with Crippen molar-refractivity contribution in [1.29, 1.82) is 0 Å². The molecule has 0 saturated carbocycles. The second kappa shape index (κ2) is 13.5. The molecule has 3 aromatic carbocycles. The van der Waals surface area contributed by atoms with Crippen LogP contribution < -0.4 is 9.80 Å². The number of amides is 4. The Morgan fingerprint density at radius 1 is 0.552 bits per heavy atom. The smallest absolute Gasteiger partial charge is 0.266 e. The van der Waals surface area contributed by atoms with E-state index in [-0.39, 0.29) is 61.0 Å². The molecule has 10 heteroatoms. The Hall–Kier alpha value is -4.46. The molecule has 4 aliphatic carbocycles. The molecular formula is C48H40Cl4N2O4. The van der Waals surface area contributed by atoms with Crippen LogP contribution in [0.5, 0.6) is 0 Å². The molecule has 6 aliphatic rings. The molecule has 2 unspecified atom stereocenters. The number of anilines is 2. The quantitative estimate of drug-likeness (QED) is 0.183. The van der Waals surface area contributed by atoms with Gasteiger partial charge in [-0.05, 0) is 98.1 Å². The molecule has 58 heavy (non-hydrogen) atoms. The number of allylic oxidation sites excluding steroid dienone is 7. The van der Waals surface area contributed by atoms with Crippen molar-refractivity contribution < 1.29 is 19.2 Å². The summed E-state index contributed by atoms with van der Waals surface area (Å²) in [7, 11) is 0. The van der Waals surface area contributed by atoms with Gasteiger partial charge in [-0.15, -0.1) is 11.6 Å². The van der Waals surface area contributed by atoms with Gasteiger partial charge in [0.15, 0.2) is 0 Å². The van der Waals surface area contributed by atoms with Crippen LogP contribution >= 0.6 is 46.4 Å². The Morgan fingerprint density at radius 2 is 1.05 bits per heavy atom. The number of imide groups is 2. The van der Waals surface area contributed by atoms with E-state index in [9.17, 15) is 19.2 Å². The van der Waals surface area contributed by atoms with Crippen molar-refractivity contribution in [3.63, 3.8) is 0 Å². The van der Waals surface area contributed by atoms with Gasteiger partial charge < -0.3 is 0 Å². The number of carbonyl (C=O) groups excluding carboxylic acids is 4. The second-order valence-corrected chi connectivity index (χ2v) is 18.7. The number of hydrogen-bond acceptors (Lipinski definition) is 4. The highest BCUT2D eigenvalue weighted by atomic mass is 35.5. The van der Waals surface area contributed by atoms with Crippen LogP contribution in [-0.2, 0) is 14.4 Å². The summed E-state index contributed by atoms with van der Waals surface area (Å²) in [4.78, 5) is 62.1. The molecule has 294 valence electrons. The molecule has 0 radical (unpaired) electrons. The van der Waals surface area contributed by atoms with Crippen molar-refractivity contribution in [1.82, 2.24) is 0 Å². The number of para-hydroxylation sites is 2. The molecule has 3 aromatic rings. The van der Waals surface area contributed by atoms with Gasteiger partial charge in [-0.25, -0.2) is 9.80 Å². The molecule has 0 aromatic heterocycles. The van der Waals surface area contributed by atoms with Crippen LogP contribution in [0.4, 0.5) is 11.4 Å². The van der Waals surface area contributed by atoms with E-state index in [4.69, 9.17) is 46.4 Å². The molecule has 0 fully saturated rings. The summed E-state index contributed by atoms with van der Waals surface area (Å²) >= 11 is 29.4. The van der Waals surface area contributed by atoms with Crippen molar-refractivity contribution >= 4 is 98.1 Å². The number of carbonyl (C=O) groups is 4. The standard InChI is InChI=1S/C48H40Cl4N2O4/c1-19(2)23-11-9-12-24(20(3)4)43(23)53-45(55)27-15-31(49)37-39-33(51)17-29-36-30(48(58)54(47(29)57)44-25(21(5)6)13-10-14-26(44)22(7)8)18-34(52)40(42(36)39)38-32(50)16-28(46(53)56)35(27)41(37)38/h9-22,31,42H,1-8H3. The average molecular weight is 851 g/mol. The van der Waals surface area contributed by atoms with Crippen LogP contribution in [0.3, 0.4) is 0 Å². The van der Waals surface area contributed by atoms with E-state index in [1.807, 2.05) is 91.8 Å². The minimum atomic E-state index is -0.900. The number of fused-ring (bicyclic) bond motifs is 1. The van der Waals surface area contributed by atoms with E-state index in [2.05, 4.69) is 0 Å². The van der Waals surface area contributed by atoms with Gasteiger partial charge in [0.1, 0.15) is 0 Å². The first kappa shape index (κ1) is 39.0. The van der Waals surface area contributed by atoms with Gasteiger partial charge in [-0.3, -0.25) is 19.2 Å². The molecule has 4 amide bonds. The average Bonchev–Trinajstić information content (AvgIpc) is 3.16. The summed E-state index contributed by atoms with van der Waals surface area (Å²) in [5.74, 6) is -2.66.